The second-order valence-corrected chi connectivity index (χ2v) is 8.97. The van der Waals surface area contributed by atoms with E-state index in [2.05, 4.69) is 31.4 Å². The number of nitrogens with one attached hydrogen (secondary N) is 2. The molecule has 0 atom stereocenters. The third kappa shape index (κ3) is 9.59. The van der Waals surface area contributed by atoms with Crippen LogP contribution in [0.4, 0.5) is 0 Å². The molecule has 0 bridgehead atoms. The van der Waals surface area contributed by atoms with Gasteiger partial charge in [0, 0.05) is 6.54 Å². The maximum atomic E-state index is 12.8. The zero-order valence-corrected chi connectivity index (χ0v) is 21.6. The van der Waals surface area contributed by atoms with E-state index in [1.54, 1.807) is 13.2 Å². The monoisotopic (exact) mass is 486 g/mol. The molecule has 0 aliphatic carbocycles. The molecule has 0 aliphatic heterocycles. The summed E-state index contributed by atoms with van der Waals surface area (Å²) in [7, 11) is 1.62. The average Bonchev–Trinajstić information content (AvgIpc) is 2.83. The molecule has 7 heteroatoms. The van der Waals surface area contributed by atoms with Gasteiger partial charge in [0.2, 0.25) is 0 Å². The summed E-state index contributed by atoms with van der Waals surface area (Å²) in [6.45, 7) is 8.18. The van der Waals surface area contributed by atoms with Crippen LogP contribution in [-0.2, 0) is 6.54 Å². The van der Waals surface area contributed by atoms with Gasteiger partial charge in [0.15, 0.2) is 16.6 Å². The van der Waals surface area contributed by atoms with Crippen molar-refractivity contribution in [3.05, 3.63) is 53.6 Å². The molecular formula is C27H38N2O4S. The van der Waals surface area contributed by atoms with Crippen molar-refractivity contribution in [2.24, 2.45) is 5.92 Å². The molecular weight excluding hydrogens is 448 g/mol. The quantitative estimate of drug-likeness (QED) is 0.257. The Morgan fingerprint density at radius 1 is 0.971 bits per heavy atom. The maximum absolute atomic E-state index is 12.8. The van der Waals surface area contributed by atoms with Crippen molar-refractivity contribution in [3.63, 3.8) is 0 Å². The number of unbranched alkanes of at least 4 members (excludes halogenated alkanes) is 3. The van der Waals surface area contributed by atoms with Crippen LogP contribution in [0.15, 0.2) is 42.5 Å². The molecule has 1 amide bonds. The fraction of sp³-hybridized carbons (Fsp3) is 0.481. The Balaban J connectivity index is 1.87. The third-order valence-corrected chi connectivity index (χ3v) is 5.49. The molecule has 0 fully saturated rings. The highest BCUT2D eigenvalue weighted by atomic mass is 32.1. The van der Waals surface area contributed by atoms with Crippen LogP contribution >= 0.6 is 12.2 Å². The Morgan fingerprint density at radius 2 is 1.74 bits per heavy atom. The molecule has 34 heavy (non-hydrogen) atoms. The van der Waals surface area contributed by atoms with E-state index in [0.29, 0.717) is 48.5 Å². The zero-order valence-electron chi connectivity index (χ0n) is 20.8. The normalized spacial score (nSPS) is 10.6. The van der Waals surface area contributed by atoms with Crippen LogP contribution in [0.5, 0.6) is 17.2 Å². The minimum Gasteiger partial charge on any atom is -0.493 e. The van der Waals surface area contributed by atoms with Crippen LogP contribution in [0, 0.1) is 5.92 Å². The zero-order chi connectivity index (χ0) is 24.8. The van der Waals surface area contributed by atoms with Gasteiger partial charge in [0.25, 0.3) is 5.91 Å². The number of rotatable bonds is 14. The standard InChI is InChI=1S/C27H38N2O4S/c1-5-6-7-10-16-32-23-12-9-8-11-22(23)26(30)29-27(34)28-19-21-13-14-24(25(18-21)31-4)33-17-15-20(2)3/h8-9,11-14,18,20H,5-7,10,15-17,19H2,1-4H3,(H2,28,29,30,34). The van der Waals surface area contributed by atoms with Gasteiger partial charge < -0.3 is 19.5 Å². The highest BCUT2D eigenvalue weighted by Crippen LogP contribution is 2.28. The molecule has 2 rings (SSSR count). The summed E-state index contributed by atoms with van der Waals surface area (Å²) in [6.07, 6.45) is 5.43. The van der Waals surface area contributed by atoms with E-state index in [9.17, 15) is 4.79 Å². The second-order valence-electron chi connectivity index (χ2n) is 8.56. The van der Waals surface area contributed by atoms with Crippen molar-refractivity contribution in [1.29, 1.82) is 0 Å². The minimum absolute atomic E-state index is 0.249. The van der Waals surface area contributed by atoms with Crippen molar-refractivity contribution in [1.82, 2.24) is 10.6 Å². The number of thiocarbonyl (C=S) groups is 1. The fourth-order valence-electron chi connectivity index (χ4n) is 3.23. The van der Waals surface area contributed by atoms with Crippen molar-refractivity contribution >= 4 is 23.2 Å². The molecule has 0 aromatic heterocycles. The molecule has 0 saturated heterocycles. The lowest BCUT2D eigenvalue weighted by molar-refractivity contribution is 0.0972. The van der Waals surface area contributed by atoms with Gasteiger partial charge in [-0.2, -0.15) is 0 Å². The first-order valence-corrected chi connectivity index (χ1v) is 12.5. The van der Waals surface area contributed by atoms with Gasteiger partial charge in [-0.15, -0.1) is 0 Å². The Kier molecular flexibility index (Phi) is 12.2. The molecule has 0 unspecified atom stereocenters. The fourth-order valence-corrected chi connectivity index (χ4v) is 3.40. The lowest BCUT2D eigenvalue weighted by Crippen LogP contribution is -2.39. The number of hydrogen-bond acceptors (Lipinski definition) is 5. The largest absolute Gasteiger partial charge is 0.493 e. The van der Waals surface area contributed by atoms with Gasteiger partial charge in [0.1, 0.15) is 5.75 Å². The number of ether oxygens (including phenoxy) is 3. The van der Waals surface area contributed by atoms with E-state index in [-0.39, 0.29) is 11.0 Å². The van der Waals surface area contributed by atoms with Crippen molar-refractivity contribution in [2.75, 3.05) is 20.3 Å². The summed E-state index contributed by atoms with van der Waals surface area (Å²) in [4.78, 5) is 12.8. The van der Waals surface area contributed by atoms with E-state index < -0.39 is 0 Å². The number of benzene rings is 2. The van der Waals surface area contributed by atoms with Crippen LogP contribution in [-0.4, -0.2) is 31.3 Å². The summed E-state index contributed by atoms with van der Waals surface area (Å²) in [6, 6.07) is 13.0. The van der Waals surface area contributed by atoms with E-state index in [1.165, 1.54) is 12.8 Å². The molecule has 2 N–H and O–H groups in total. The van der Waals surface area contributed by atoms with Gasteiger partial charge in [-0.25, -0.2) is 0 Å². The van der Waals surface area contributed by atoms with Gasteiger partial charge in [0.05, 0.1) is 25.9 Å². The van der Waals surface area contributed by atoms with Gasteiger partial charge in [-0.3, -0.25) is 10.1 Å². The molecule has 0 heterocycles. The molecule has 0 spiro atoms. The number of carbonyl (C=O) groups is 1. The molecule has 0 aliphatic rings. The molecule has 0 radical (unpaired) electrons. The number of methoxy groups -OCH3 is 1. The smallest absolute Gasteiger partial charge is 0.261 e. The first-order chi connectivity index (χ1) is 16.4. The SMILES string of the molecule is CCCCCCOc1ccccc1C(=O)NC(=S)NCc1ccc(OCCC(C)C)c(OC)c1. The van der Waals surface area contributed by atoms with E-state index in [0.717, 1.165) is 24.8 Å². The highest BCUT2D eigenvalue weighted by Gasteiger charge is 2.14. The predicted molar refractivity (Wildman–Crippen MR) is 141 cm³/mol. The maximum Gasteiger partial charge on any atom is 0.261 e. The van der Waals surface area contributed by atoms with Crippen molar-refractivity contribution < 1.29 is 19.0 Å². The average molecular weight is 487 g/mol. The van der Waals surface area contributed by atoms with Gasteiger partial charge in [-0.1, -0.05) is 58.2 Å². The second kappa shape index (κ2) is 15.2. The Bertz CT molecular complexity index is 917. The number of carbonyl (C=O) groups excluding carboxylic acids is 1. The summed E-state index contributed by atoms with van der Waals surface area (Å²) in [5.41, 5.74) is 1.42. The van der Waals surface area contributed by atoms with E-state index in [4.69, 9.17) is 26.4 Å². The third-order valence-electron chi connectivity index (χ3n) is 5.25. The van der Waals surface area contributed by atoms with Crippen LogP contribution in [0.1, 0.15) is 68.8 Å². The summed E-state index contributed by atoms with van der Waals surface area (Å²) in [5, 5.41) is 6.07. The molecule has 2 aromatic rings. The van der Waals surface area contributed by atoms with Crippen LogP contribution in [0.25, 0.3) is 0 Å². The van der Waals surface area contributed by atoms with Crippen molar-refractivity contribution in [2.45, 2.75) is 59.4 Å². The molecule has 2 aromatic carbocycles. The summed E-state index contributed by atoms with van der Waals surface area (Å²) < 4.78 is 17.2. The van der Waals surface area contributed by atoms with Crippen LogP contribution in [0.3, 0.4) is 0 Å². The molecule has 186 valence electrons. The lowest BCUT2D eigenvalue weighted by atomic mass is 10.1. The number of hydrogen-bond donors (Lipinski definition) is 2. The Hall–Kier alpha value is -2.80. The summed E-state index contributed by atoms with van der Waals surface area (Å²) in [5.74, 6) is 2.23. The van der Waals surface area contributed by atoms with E-state index >= 15 is 0 Å². The van der Waals surface area contributed by atoms with Crippen molar-refractivity contribution in [3.8, 4) is 17.2 Å². The van der Waals surface area contributed by atoms with Crippen LogP contribution in [0.2, 0.25) is 0 Å². The Morgan fingerprint density at radius 3 is 2.47 bits per heavy atom. The first-order valence-electron chi connectivity index (χ1n) is 12.0. The lowest BCUT2D eigenvalue weighted by Gasteiger charge is -2.15. The van der Waals surface area contributed by atoms with Gasteiger partial charge in [-0.05, 0) is 60.8 Å². The van der Waals surface area contributed by atoms with E-state index in [1.807, 2.05) is 36.4 Å². The van der Waals surface area contributed by atoms with Crippen LogP contribution < -0.4 is 24.8 Å². The van der Waals surface area contributed by atoms with Gasteiger partial charge >= 0.3 is 0 Å². The first kappa shape index (κ1) is 27.4. The minimum atomic E-state index is -0.298. The predicted octanol–water partition coefficient (Wildman–Crippen LogP) is 5.88. The molecule has 0 saturated carbocycles. The number of para-hydroxylation sites is 1. The highest BCUT2D eigenvalue weighted by molar-refractivity contribution is 7.80. The number of amides is 1. The Labute approximate surface area is 209 Å². The summed E-state index contributed by atoms with van der Waals surface area (Å²) >= 11 is 5.34. The molecule has 6 nitrogen and oxygen atoms in total. The topological polar surface area (TPSA) is 68.8 Å².